The molecule has 2 aromatic rings. The standard InChI is InChI=1S/C15H22N6/c1-12-5-6-17-15(19-12)20(2)14-4-3-7-21(10-14)9-13-8-16-11-18-13/h5-6,8,11,14H,3-4,7,9-10H2,1-2H3,(H,16,18). The van der Waals surface area contributed by atoms with Gasteiger partial charge in [0, 0.05) is 50.0 Å². The highest BCUT2D eigenvalue weighted by molar-refractivity contribution is 5.30. The molecular formula is C15H22N6. The number of nitrogens with zero attached hydrogens (tertiary/aromatic N) is 5. The molecule has 0 amide bonds. The number of H-pyrrole nitrogens is 1. The average molecular weight is 286 g/mol. The minimum atomic E-state index is 0.462. The van der Waals surface area contributed by atoms with Crippen molar-refractivity contribution in [1.82, 2.24) is 24.8 Å². The average Bonchev–Trinajstić information content (AvgIpc) is 3.00. The highest BCUT2D eigenvalue weighted by atomic mass is 15.3. The molecule has 1 saturated heterocycles. The van der Waals surface area contributed by atoms with Crippen LogP contribution in [0.25, 0.3) is 0 Å². The molecule has 0 bridgehead atoms. The Morgan fingerprint density at radius 2 is 2.38 bits per heavy atom. The Kier molecular flexibility index (Phi) is 4.15. The number of aromatic nitrogens is 4. The van der Waals surface area contributed by atoms with Crippen molar-refractivity contribution in [2.24, 2.45) is 0 Å². The lowest BCUT2D eigenvalue weighted by molar-refractivity contribution is 0.196. The van der Waals surface area contributed by atoms with Gasteiger partial charge in [-0.15, -0.1) is 0 Å². The molecule has 1 N–H and O–H groups in total. The van der Waals surface area contributed by atoms with Gasteiger partial charge in [-0.05, 0) is 32.4 Å². The molecule has 1 fully saturated rings. The molecule has 3 heterocycles. The summed E-state index contributed by atoms with van der Waals surface area (Å²) in [6.45, 7) is 5.11. The van der Waals surface area contributed by atoms with Crippen LogP contribution in [0.2, 0.25) is 0 Å². The minimum absolute atomic E-state index is 0.462. The van der Waals surface area contributed by atoms with E-state index in [2.05, 4.69) is 36.8 Å². The summed E-state index contributed by atoms with van der Waals surface area (Å²) in [6.07, 6.45) is 7.86. The zero-order valence-electron chi connectivity index (χ0n) is 12.7. The molecule has 0 radical (unpaired) electrons. The Morgan fingerprint density at radius 1 is 1.48 bits per heavy atom. The number of aromatic amines is 1. The number of piperidine rings is 1. The van der Waals surface area contributed by atoms with Crippen LogP contribution >= 0.6 is 0 Å². The smallest absolute Gasteiger partial charge is 0.225 e. The van der Waals surface area contributed by atoms with E-state index < -0.39 is 0 Å². The van der Waals surface area contributed by atoms with E-state index in [4.69, 9.17) is 0 Å². The summed E-state index contributed by atoms with van der Waals surface area (Å²) in [5.41, 5.74) is 2.18. The summed E-state index contributed by atoms with van der Waals surface area (Å²) in [5, 5.41) is 0. The second kappa shape index (κ2) is 6.22. The van der Waals surface area contributed by atoms with Crippen molar-refractivity contribution < 1.29 is 0 Å². The van der Waals surface area contributed by atoms with Crippen LogP contribution in [0.4, 0.5) is 5.95 Å². The van der Waals surface area contributed by atoms with E-state index in [1.165, 1.54) is 18.5 Å². The van der Waals surface area contributed by atoms with Crippen molar-refractivity contribution >= 4 is 5.95 Å². The number of hydrogen-bond acceptors (Lipinski definition) is 5. The third-order valence-corrected chi connectivity index (χ3v) is 4.07. The number of likely N-dealkylation sites (tertiary alicyclic amines) is 1. The first-order valence-electron chi connectivity index (χ1n) is 7.44. The molecule has 1 aliphatic rings. The van der Waals surface area contributed by atoms with Gasteiger partial charge in [-0.3, -0.25) is 4.90 Å². The van der Waals surface area contributed by atoms with Crippen LogP contribution in [-0.4, -0.2) is 51.0 Å². The van der Waals surface area contributed by atoms with E-state index in [0.29, 0.717) is 6.04 Å². The molecule has 0 aliphatic carbocycles. The van der Waals surface area contributed by atoms with Crippen molar-refractivity contribution in [3.63, 3.8) is 0 Å². The van der Waals surface area contributed by atoms with Gasteiger partial charge in [0.25, 0.3) is 0 Å². The lowest BCUT2D eigenvalue weighted by atomic mass is 10.0. The summed E-state index contributed by atoms with van der Waals surface area (Å²) in [7, 11) is 2.10. The van der Waals surface area contributed by atoms with Gasteiger partial charge in [0.15, 0.2) is 0 Å². The van der Waals surface area contributed by atoms with Crippen LogP contribution in [0.5, 0.6) is 0 Å². The van der Waals surface area contributed by atoms with Crippen molar-refractivity contribution in [3.05, 3.63) is 36.2 Å². The Labute approximate surface area is 125 Å². The summed E-state index contributed by atoms with van der Waals surface area (Å²) >= 11 is 0. The lowest BCUT2D eigenvalue weighted by Crippen LogP contribution is -2.46. The number of anilines is 1. The van der Waals surface area contributed by atoms with E-state index in [1.54, 1.807) is 6.33 Å². The Hall–Kier alpha value is -1.95. The fourth-order valence-corrected chi connectivity index (χ4v) is 2.87. The maximum Gasteiger partial charge on any atom is 0.225 e. The zero-order chi connectivity index (χ0) is 14.7. The van der Waals surface area contributed by atoms with Gasteiger partial charge in [0.05, 0.1) is 6.33 Å². The van der Waals surface area contributed by atoms with Crippen molar-refractivity contribution in [2.75, 3.05) is 25.0 Å². The van der Waals surface area contributed by atoms with Gasteiger partial charge in [-0.1, -0.05) is 0 Å². The van der Waals surface area contributed by atoms with E-state index in [9.17, 15) is 0 Å². The van der Waals surface area contributed by atoms with Crippen molar-refractivity contribution in [2.45, 2.75) is 32.4 Å². The van der Waals surface area contributed by atoms with Crippen LogP contribution in [0.3, 0.4) is 0 Å². The maximum atomic E-state index is 4.53. The molecule has 0 aromatic carbocycles. The predicted molar refractivity (Wildman–Crippen MR) is 82.1 cm³/mol. The molecule has 112 valence electrons. The minimum Gasteiger partial charge on any atom is -0.347 e. The van der Waals surface area contributed by atoms with Crippen molar-refractivity contribution in [3.8, 4) is 0 Å². The summed E-state index contributed by atoms with van der Waals surface area (Å²) in [5.74, 6) is 0.823. The van der Waals surface area contributed by atoms with Crippen LogP contribution in [-0.2, 0) is 6.54 Å². The lowest BCUT2D eigenvalue weighted by Gasteiger charge is -2.37. The highest BCUT2D eigenvalue weighted by Crippen LogP contribution is 2.19. The number of likely N-dealkylation sites (N-methyl/N-ethyl adjacent to an activating group) is 1. The van der Waals surface area contributed by atoms with Gasteiger partial charge in [-0.2, -0.15) is 0 Å². The fraction of sp³-hybridized carbons (Fsp3) is 0.533. The molecular weight excluding hydrogens is 264 g/mol. The number of rotatable bonds is 4. The summed E-state index contributed by atoms with van der Waals surface area (Å²) in [4.78, 5) is 20.9. The summed E-state index contributed by atoms with van der Waals surface area (Å²) < 4.78 is 0. The molecule has 21 heavy (non-hydrogen) atoms. The highest BCUT2D eigenvalue weighted by Gasteiger charge is 2.24. The van der Waals surface area contributed by atoms with Crippen LogP contribution in [0.1, 0.15) is 24.2 Å². The second-order valence-corrected chi connectivity index (χ2v) is 5.72. The van der Waals surface area contributed by atoms with E-state index in [1.807, 2.05) is 25.4 Å². The molecule has 6 nitrogen and oxygen atoms in total. The Morgan fingerprint density at radius 3 is 3.14 bits per heavy atom. The van der Waals surface area contributed by atoms with Crippen LogP contribution in [0.15, 0.2) is 24.8 Å². The zero-order valence-corrected chi connectivity index (χ0v) is 12.7. The topological polar surface area (TPSA) is 60.9 Å². The Balaban J connectivity index is 1.65. The summed E-state index contributed by atoms with van der Waals surface area (Å²) in [6, 6.07) is 2.39. The molecule has 3 rings (SSSR count). The first-order valence-corrected chi connectivity index (χ1v) is 7.44. The van der Waals surface area contributed by atoms with Gasteiger partial charge >= 0.3 is 0 Å². The van der Waals surface area contributed by atoms with E-state index in [0.717, 1.165) is 31.3 Å². The molecule has 1 aliphatic heterocycles. The SMILES string of the molecule is Cc1ccnc(N(C)C2CCCN(Cc3cnc[nH]3)C2)n1. The number of hydrogen-bond donors (Lipinski definition) is 1. The van der Waals surface area contributed by atoms with Crippen LogP contribution in [0, 0.1) is 6.92 Å². The first kappa shape index (κ1) is 14.0. The van der Waals surface area contributed by atoms with Gasteiger partial charge in [-0.25, -0.2) is 15.0 Å². The second-order valence-electron chi connectivity index (χ2n) is 5.72. The van der Waals surface area contributed by atoms with E-state index >= 15 is 0 Å². The number of nitrogens with one attached hydrogen (secondary N) is 1. The van der Waals surface area contributed by atoms with Gasteiger partial charge in [0.2, 0.25) is 5.95 Å². The molecule has 0 spiro atoms. The quantitative estimate of drug-likeness (QED) is 0.925. The third-order valence-electron chi connectivity index (χ3n) is 4.07. The monoisotopic (exact) mass is 286 g/mol. The van der Waals surface area contributed by atoms with Crippen LogP contribution < -0.4 is 4.90 Å². The normalized spacial score (nSPS) is 19.6. The fourth-order valence-electron chi connectivity index (χ4n) is 2.87. The molecule has 1 atom stereocenters. The molecule has 2 aromatic heterocycles. The van der Waals surface area contributed by atoms with Gasteiger partial charge in [0.1, 0.15) is 0 Å². The number of aryl methyl sites for hydroxylation is 1. The maximum absolute atomic E-state index is 4.53. The largest absolute Gasteiger partial charge is 0.347 e. The van der Waals surface area contributed by atoms with Crippen molar-refractivity contribution in [1.29, 1.82) is 0 Å². The van der Waals surface area contributed by atoms with E-state index in [-0.39, 0.29) is 0 Å². The molecule has 0 saturated carbocycles. The Bertz CT molecular complexity index is 567. The third kappa shape index (κ3) is 3.39. The number of imidazole rings is 1. The first-order chi connectivity index (χ1) is 10.2. The predicted octanol–water partition coefficient (Wildman–Crippen LogP) is 1.61. The van der Waals surface area contributed by atoms with Gasteiger partial charge < -0.3 is 9.88 Å². The molecule has 6 heteroatoms. The molecule has 1 unspecified atom stereocenters.